The van der Waals surface area contributed by atoms with E-state index in [9.17, 15) is 19.7 Å². The van der Waals surface area contributed by atoms with Crippen molar-refractivity contribution in [3.8, 4) is 11.5 Å². The Morgan fingerprint density at radius 1 is 1.18 bits per heavy atom. The first-order valence-corrected chi connectivity index (χ1v) is 10.2. The Bertz CT molecular complexity index is 1100. The van der Waals surface area contributed by atoms with Crippen molar-refractivity contribution in [3.63, 3.8) is 0 Å². The van der Waals surface area contributed by atoms with Gasteiger partial charge in [-0.3, -0.25) is 10.1 Å². The topological polar surface area (TPSA) is 129 Å². The van der Waals surface area contributed by atoms with Crippen molar-refractivity contribution in [1.29, 1.82) is 0 Å². The first-order chi connectivity index (χ1) is 15.8. The predicted molar refractivity (Wildman–Crippen MR) is 119 cm³/mol. The third-order valence-electron chi connectivity index (χ3n) is 5.12. The monoisotopic (exact) mass is 455 g/mol. The lowest BCUT2D eigenvalue weighted by molar-refractivity contribution is -0.386. The van der Waals surface area contributed by atoms with Crippen molar-refractivity contribution in [2.45, 2.75) is 26.5 Å². The fourth-order valence-corrected chi connectivity index (χ4v) is 3.56. The number of hydrogen-bond acceptors (Lipinski definition) is 7. The van der Waals surface area contributed by atoms with Crippen LogP contribution in [-0.4, -0.2) is 31.1 Å². The van der Waals surface area contributed by atoms with E-state index in [4.69, 9.17) is 14.2 Å². The number of nitro benzene ring substituents is 1. The number of benzene rings is 2. The molecule has 1 aliphatic rings. The van der Waals surface area contributed by atoms with Crippen LogP contribution in [0.3, 0.4) is 0 Å². The van der Waals surface area contributed by atoms with Crippen LogP contribution in [-0.2, 0) is 16.1 Å². The quantitative estimate of drug-likeness (QED) is 0.353. The SMILES string of the molecule is COC(=O)C1=C(C(C)C)NC(=O)NC1c1cc(OC)c(OCc2ccccc2)c([N+](=O)[O-])c1. The molecule has 0 bridgehead atoms. The van der Waals surface area contributed by atoms with E-state index in [1.165, 1.54) is 26.4 Å². The minimum Gasteiger partial charge on any atom is -0.493 e. The molecule has 2 N–H and O–H groups in total. The van der Waals surface area contributed by atoms with E-state index in [0.717, 1.165) is 5.56 Å². The molecule has 0 spiro atoms. The van der Waals surface area contributed by atoms with Gasteiger partial charge in [-0.25, -0.2) is 9.59 Å². The van der Waals surface area contributed by atoms with Crippen molar-refractivity contribution in [2.75, 3.05) is 14.2 Å². The van der Waals surface area contributed by atoms with E-state index < -0.39 is 23.0 Å². The summed E-state index contributed by atoms with van der Waals surface area (Å²) >= 11 is 0. The van der Waals surface area contributed by atoms with Gasteiger partial charge in [-0.2, -0.15) is 0 Å². The molecule has 1 heterocycles. The van der Waals surface area contributed by atoms with E-state index in [1.807, 2.05) is 44.2 Å². The predicted octanol–water partition coefficient (Wildman–Crippen LogP) is 3.62. The van der Waals surface area contributed by atoms with Crippen LogP contribution in [0.5, 0.6) is 11.5 Å². The third-order valence-corrected chi connectivity index (χ3v) is 5.12. The van der Waals surface area contributed by atoms with Crippen LogP contribution < -0.4 is 20.1 Å². The number of esters is 1. The number of ether oxygens (including phenoxy) is 3. The fourth-order valence-electron chi connectivity index (χ4n) is 3.56. The summed E-state index contributed by atoms with van der Waals surface area (Å²) in [5.41, 5.74) is 1.27. The van der Waals surface area contributed by atoms with Crippen LogP contribution in [0.1, 0.15) is 31.0 Å². The minimum absolute atomic E-state index is 0.0527. The number of amides is 2. The van der Waals surface area contributed by atoms with Crippen molar-refractivity contribution >= 4 is 17.7 Å². The second kappa shape index (κ2) is 10.0. The molecule has 2 aromatic rings. The number of carbonyl (C=O) groups is 2. The van der Waals surface area contributed by atoms with Gasteiger partial charge in [0, 0.05) is 11.8 Å². The zero-order valence-corrected chi connectivity index (χ0v) is 18.7. The lowest BCUT2D eigenvalue weighted by atomic mass is 9.91. The molecule has 2 aromatic carbocycles. The van der Waals surface area contributed by atoms with Crippen LogP contribution >= 0.6 is 0 Å². The molecular formula is C23H25N3O7. The molecular weight excluding hydrogens is 430 g/mol. The smallest absolute Gasteiger partial charge is 0.337 e. The molecule has 0 aromatic heterocycles. The summed E-state index contributed by atoms with van der Waals surface area (Å²) in [6, 6.07) is 10.4. The lowest BCUT2D eigenvalue weighted by Gasteiger charge is -2.31. The number of carbonyl (C=O) groups excluding carboxylic acids is 2. The van der Waals surface area contributed by atoms with Crippen molar-refractivity contribution < 1.29 is 28.7 Å². The molecule has 174 valence electrons. The zero-order chi connectivity index (χ0) is 24.1. The van der Waals surface area contributed by atoms with E-state index >= 15 is 0 Å². The van der Waals surface area contributed by atoms with Gasteiger partial charge >= 0.3 is 17.7 Å². The molecule has 2 amide bonds. The summed E-state index contributed by atoms with van der Waals surface area (Å²) in [6.45, 7) is 3.71. The molecule has 0 radical (unpaired) electrons. The molecule has 0 saturated heterocycles. The number of nitrogens with one attached hydrogen (secondary N) is 2. The largest absolute Gasteiger partial charge is 0.493 e. The maximum atomic E-state index is 12.6. The molecule has 10 heteroatoms. The Balaban J connectivity index is 2.11. The highest BCUT2D eigenvalue weighted by Crippen LogP contribution is 2.42. The lowest BCUT2D eigenvalue weighted by Crippen LogP contribution is -2.47. The minimum atomic E-state index is -0.987. The standard InChI is InChI=1S/C23H25N3O7/c1-13(2)19-18(22(27)32-4)20(25-23(28)24-19)15-10-16(26(29)30)21(17(11-15)31-3)33-12-14-8-6-5-7-9-14/h5-11,13,20H,12H2,1-4H3,(H2,24,25,28). The highest BCUT2D eigenvalue weighted by Gasteiger charge is 2.36. The van der Waals surface area contributed by atoms with Gasteiger partial charge in [0.15, 0.2) is 5.75 Å². The van der Waals surface area contributed by atoms with Gasteiger partial charge in [-0.05, 0) is 23.1 Å². The zero-order valence-electron chi connectivity index (χ0n) is 18.7. The second-order valence-electron chi connectivity index (χ2n) is 7.61. The molecule has 1 aliphatic heterocycles. The van der Waals surface area contributed by atoms with Gasteiger partial charge in [0.2, 0.25) is 5.75 Å². The van der Waals surface area contributed by atoms with E-state index in [2.05, 4.69) is 10.6 Å². The molecule has 1 unspecified atom stereocenters. The van der Waals surface area contributed by atoms with Crippen LogP contribution in [0.4, 0.5) is 10.5 Å². The summed E-state index contributed by atoms with van der Waals surface area (Å²) in [5, 5.41) is 17.2. The molecule has 3 rings (SSSR count). The van der Waals surface area contributed by atoms with Gasteiger partial charge in [-0.15, -0.1) is 0 Å². The molecule has 10 nitrogen and oxygen atoms in total. The van der Waals surface area contributed by atoms with E-state index in [-0.39, 0.29) is 40.8 Å². The van der Waals surface area contributed by atoms with Crippen LogP contribution in [0.2, 0.25) is 0 Å². The van der Waals surface area contributed by atoms with Crippen LogP contribution in [0, 0.1) is 16.0 Å². The average molecular weight is 455 g/mol. The first kappa shape index (κ1) is 23.6. The molecule has 1 atom stereocenters. The summed E-state index contributed by atoms with van der Waals surface area (Å²) < 4.78 is 16.1. The van der Waals surface area contributed by atoms with Gasteiger partial charge in [0.1, 0.15) is 6.61 Å². The summed E-state index contributed by atoms with van der Waals surface area (Å²) in [4.78, 5) is 36.2. The van der Waals surface area contributed by atoms with Crippen molar-refractivity contribution in [3.05, 3.63) is 75.0 Å². The maximum Gasteiger partial charge on any atom is 0.337 e. The molecule has 0 saturated carbocycles. The van der Waals surface area contributed by atoms with E-state index in [0.29, 0.717) is 5.70 Å². The Morgan fingerprint density at radius 2 is 1.88 bits per heavy atom. The number of nitrogens with zero attached hydrogens (tertiary/aromatic N) is 1. The summed E-state index contributed by atoms with van der Waals surface area (Å²) in [7, 11) is 2.58. The molecule has 0 fully saturated rings. The van der Waals surface area contributed by atoms with Gasteiger partial charge in [0.25, 0.3) is 0 Å². The van der Waals surface area contributed by atoms with Gasteiger partial charge in [-0.1, -0.05) is 44.2 Å². The number of allylic oxidation sites excluding steroid dienone is 1. The normalized spacial score (nSPS) is 15.5. The summed E-state index contributed by atoms with van der Waals surface area (Å²) in [5.74, 6) is -0.832. The Morgan fingerprint density at radius 3 is 2.45 bits per heavy atom. The Labute approximate surface area is 190 Å². The Hall–Kier alpha value is -4.08. The van der Waals surface area contributed by atoms with Gasteiger partial charge in [0.05, 0.1) is 30.8 Å². The Kier molecular flexibility index (Phi) is 7.17. The first-order valence-electron chi connectivity index (χ1n) is 10.2. The number of methoxy groups -OCH3 is 2. The number of nitro groups is 1. The van der Waals surface area contributed by atoms with Crippen molar-refractivity contribution in [2.24, 2.45) is 5.92 Å². The fraction of sp³-hybridized carbons (Fsp3) is 0.304. The number of urea groups is 1. The van der Waals surface area contributed by atoms with Gasteiger partial charge < -0.3 is 24.8 Å². The third kappa shape index (κ3) is 5.05. The highest BCUT2D eigenvalue weighted by atomic mass is 16.6. The second-order valence-corrected chi connectivity index (χ2v) is 7.61. The van der Waals surface area contributed by atoms with Crippen LogP contribution in [0.25, 0.3) is 0 Å². The maximum absolute atomic E-state index is 12.6. The number of rotatable bonds is 8. The van der Waals surface area contributed by atoms with E-state index in [1.54, 1.807) is 0 Å². The highest BCUT2D eigenvalue weighted by molar-refractivity contribution is 5.95. The van der Waals surface area contributed by atoms with Crippen LogP contribution in [0.15, 0.2) is 53.7 Å². The molecule has 33 heavy (non-hydrogen) atoms. The number of hydrogen-bond donors (Lipinski definition) is 2. The summed E-state index contributed by atoms with van der Waals surface area (Å²) in [6.07, 6.45) is 0. The molecule has 0 aliphatic carbocycles. The van der Waals surface area contributed by atoms with Crippen molar-refractivity contribution in [1.82, 2.24) is 10.6 Å². The average Bonchev–Trinajstić information content (AvgIpc) is 2.81.